The second-order valence-electron chi connectivity index (χ2n) is 5.85. The Bertz CT molecular complexity index is 372. The molecule has 138 valence electrons. The van der Waals surface area contributed by atoms with Gasteiger partial charge in [0.05, 0.1) is 18.8 Å². The molecule has 1 unspecified atom stereocenters. The van der Waals surface area contributed by atoms with Gasteiger partial charge in [-0.2, -0.15) is 0 Å². The van der Waals surface area contributed by atoms with Gasteiger partial charge in [0.25, 0.3) is 0 Å². The number of nitrogens with two attached hydrogens (primary N) is 1. The number of carbonyl (C=O) groups is 1. The van der Waals surface area contributed by atoms with Gasteiger partial charge in [0.2, 0.25) is 0 Å². The van der Waals surface area contributed by atoms with E-state index in [4.69, 9.17) is 25.5 Å². The highest BCUT2D eigenvalue weighted by Gasteiger charge is 2.29. The Balaban J connectivity index is 0. The minimum atomic E-state index is -0.654. The number of nitrogens with zero attached hydrogens (tertiary/aromatic N) is 2. The Morgan fingerprint density at radius 2 is 2.00 bits per heavy atom. The van der Waals surface area contributed by atoms with E-state index in [9.17, 15) is 4.79 Å². The van der Waals surface area contributed by atoms with Crippen LogP contribution in [0.1, 0.15) is 48.0 Å². The number of ether oxygens (including phenoxy) is 2. The number of carbonyl (C=O) groups excluding carboxylic acids is 1. The number of amidine groups is 1. The highest BCUT2D eigenvalue weighted by Crippen LogP contribution is 2.16. The predicted molar refractivity (Wildman–Crippen MR) is 89.7 cm³/mol. The van der Waals surface area contributed by atoms with Crippen molar-refractivity contribution in [3.63, 3.8) is 0 Å². The second-order valence-corrected chi connectivity index (χ2v) is 5.85. The van der Waals surface area contributed by atoms with Crippen molar-refractivity contribution in [3.05, 3.63) is 0 Å². The van der Waals surface area contributed by atoms with E-state index in [1.54, 1.807) is 6.92 Å². The van der Waals surface area contributed by atoms with Gasteiger partial charge < -0.3 is 30.4 Å². The topological polar surface area (TPSA) is 118 Å². The van der Waals surface area contributed by atoms with Crippen LogP contribution in [0.15, 0.2) is 5.16 Å². The molecule has 8 heteroatoms. The molecule has 1 amide bonds. The van der Waals surface area contributed by atoms with Crippen molar-refractivity contribution in [2.45, 2.75) is 65.7 Å². The van der Waals surface area contributed by atoms with Crippen molar-refractivity contribution in [2.75, 3.05) is 20.3 Å². The molecule has 0 aliphatic rings. The Hall–Kier alpha value is -1.54. The molecule has 8 nitrogen and oxygen atoms in total. The highest BCUT2D eigenvalue weighted by molar-refractivity contribution is 5.88. The van der Waals surface area contributed by atoms with Gasteiger partial charge in [-0.1, -0.05) is 19.5 Å². The molecule has 23 heavy (non-hydrogen) atoms. The zero-order chi connectivity index (χ0) is 17.3. The SMILES string of the molecule is C.CCC(C)(C)OC(=O)N(C)C(CCOC[C@@H](C)O)/C(N)=N/O. The van der Waals surface area contributed by atoms with Crippen molar-refractivity contribution < 1.29 is 24.6 Å². The molecule has 0 spiro atoms. The molecule has 4 N–H and O–H groups in total. The number of hydrogen-bond donors (Lipinski definition) is 3. The third-order valence-corrected chi connectivity index (χ3v) is 3.32. The fourth-order valence-electron chi connectivity index (χ4n) is 1.56. The van der Waals surface area contributed by atoms with E-state index in [1.807, 2.05) is 20.8 Å². The lowest BCUT2D eigenvalue weighted by Crippen LogP contribution is -2.48. The van der Waals surface area contributed by atoms with E-state index in [2.05, 4.69) is 5.16 Å². The van der Waals surface area contributed by atoms with E-state index < -0.39 is 23.8 Å². The van der Waals surface area contributed by atoms with Crippen LogP contribution >= 0.6 is 0 Å². The zero-order valence-electron chi connectivity index (χ0n) is 14.1. The van der Waals surface area contributed by atoms with Gasteiger partial charge in [-0.3, -0.25) is 0 Å². The maximum absolute atomic E-state index is 12.2. The van der Waals surface area contributed by atoms with Crippen LogP contribution in [-0.4, -0.2) is 65.2 Å². The summed E-state index contributed by atoms with van der Waals surface area (Å²) in [5.74, 6) is -0.102. The van der Waals surface area contributed by atoms with Crippen LogP contribution in [-0.2, 0) is 9.47 Å². The average molecular weight is 335 g/mol. The Morgan fingerprint density at radius 3 is 2.43 bits per heavy atom. The van der Waals surface area contributed by atoms with Gasteiger partial charge in [0.15, 0.2) is 5.84 Å². The van der Waals surface area contributed by atoms with E-state index in [-0.39, 0.29) is 26.5 Å². The summed E-state index contributed by atoms with van der Waals surface area (Å²) in [7, 11) is 1.52. The molecule has 0 aromatic heterocycles. The zero-order valence-corrected chi connectivity index (χ0v) is 14.1. The van der Waals surface area contributed by atoms with E-state index in [0.717, 1.165) is 0 Å². The molecule has 0 aromatic carbocycles. The molecule has 0 aliphatic carbocycles. The van der Waals surface area contributed by atoms with Crippen molar-refractivity contribution in [3.8, 4) is 0 Å². The summed E-state index contributed by atoms with van der Waals surface area (Å²) in [6, 6.07) is -0.654. The number of oxime groups is 1. The lowest BCUT2D eigenvalue weighted by molar-refractivity contribution is 0.00762. The molecular weight excluding hydrogens is 302 g/mol. The van der Waals surface area contributed by atoms with Crippen LogP contribution in [0.5, 0.6) is 0 Å². The summed E-state index contributed by atoms with van der Waals surface area (Å²) in [6.07, 6.45) is -0.145. The maximum atomic E-state index is 12.2. The van der Waals surface area contributed by atoms with Crippen molar-refractivity contribution in [1.82, 2.24) is 4.90 Å². The molecule has 0 aliphatic heterocycles. The van der Waals surface area contributed by atoms with E-state index in [1.165, 1.54) is 11.9 Å². The molecular formula is C15H33N3O5. The predicted octanol–water partition coefficient (Wildman–Crippen LogP) is 1.78. The number of hydrogen-bond acceptors (Lipinski definition) is 6. The summed E-state index contributed by atoms with van der Waals surface area (Å²) < 4.78 is 10.6. The maximum Gasteiger partial charge on any atom is 0.410 e. The molecule has 2 atom stereocenters. The molecule has 0 saturated heterocycles. The van der Waals surface area contributed by atoms with E-state index >= 15 is 0 Å². The Morgan fingerprint density at radius 1 is 1.43 bits per heavy atom. The second kappa shape index (κ2) is 11.1. The summed E-state index contributed by atoms with van der Waals surface area (Å²) in [5.41, 5.74) is 5.05. The van der Waals surface area contributed by atoms with Crippen molar-refractivity contribution in [1.29, 1.82) is 0 Å². The first-order valence-electron chi connectivity index (χ1n) is 7.33. The van der Waals surface area contributed by atoms with Gasteiger partial charge in [0, 0.05) is 13.7 Å². The standard InChI is InChI=1S/C14H29N3O5.CH4/c1-6-14(3,4)22-13(19)17(5)11(12(15)16-20)7-8-21-9-10(2)18;/h10-11,18,20H,6-9H2,1-5H3,(H2,15,16);1H4/t10-,11?;/m1./s1. The minimum Gasteiger partial charge on any atom is -0.443 e. The van der Waals surface area contributed by atoms with Gasteiger partial charge in [-0.05, 0) is 33.6 Å². The number of aliphatic hydroxyl groups excluding tert-OH is 1. The van der Waals surface area contributed by atoms with Gasteiger partial charge >= 0.3 is 6.09 Å². The molecule has 0 rings (SSSR count). The molecule has 0 fully saturated rings. The monoisotopic (exact) mass is 335 g/mol. The van der Waals surface area contributed by atoms with Crippen molar-refractivity contribution in [2.24, 2.45) is 10.9 Å². The fourth-order valence-corrected chi connectivity index (χ4v) is 1.56. The number of aliphatic hydroxyl groups is 1. The van der Waals surface area contributed by atoms with Gasteiger partial charge in [0.1, 0.15) is 5.60 Å². The molecule has 0 saturated carbocycles. The summed E-state index contributed by atoms with van der Waals surface area (Å²) >= 11 is 0. The first-order chi connectivity index (χ1) is 10.1. The normalized spacial score (nSPS) is 14.6. The third kappa shape index (κ3) is 9.25. The number of likely N-dealkylation sites (N-methyl/N-ethyl adjacent to an activating group) is 1. The number of amides is 1. The highest BCUT2D eigenvalue weighted by atomic mass is 16.6. The summed E-state index contributed by atoms with van der Waals surface area (Å²) in [6.45, 7) is 7.57. The van der Waals surface area contributed by atoms with Crippen LogP contribution in [0.3, 0.4) is 0 Å². The average Bonchev–Trinajstić information content (AvgIpc) is 2.45. The Kier molecular flexibility index (Phi) is 11.4. The van der Waals surface area contributed by atoms with Crippen LogP contribution in [0.4, 0.5) is 4.79 Å². The van der Waals surface area contributed by atoms with Crippen LogP contribution in [0, 0.1) is 0 Å². The molecule has 0 bridgehead atoms. The molecule has 0 heterocycles. The Labute approximate surface area is 139 Å². The summed E-state index contributed by atoms with van der Waals surface area (Å²) in [5, 5.41) is 21.0. The van der Waals surface area contributed by atoms with Crippen LogP contribution < -0.4 is 5.73 Å². The third-order valence-electron chi connectivity index (χ3n) is 3.32. The van der Waals surface area contributed by atoms with Crippen molar-refractivity contribution >= 4 is 11.9 Å². The lowest BCUT2D eigenvalue weighted by Gasteiger charge is -2.31. The van der Waals surface area contributed by atoms with Crippen LogP contribution in [0.25, 0.3) is 0 Å². The van der Waals surface area contributed by atoms with Gasteiger partial charge in [-0.15, -0.1) is 0 Å². The minimum absolute atomic E-state index is 0. The quantitative estimate of drug-likeness (QED) is 0.194. The summed E-state index contributed by atoms with van der Waals surface area (Å²) in [4.78, 5) is 13.4. The lowest BCUT2D eigenvalue weighted by atomic mass is 10.1. The largest absolute Gasteiger partial charge is 0.443 e. The molecule has 0 radical (unpaired) electrons. The molecule has 0 aromatic rings. The van der Waals surface area contributed by atoms with Gasteiger partial charge in [-0.25, -0.2) is 4.79 Å². The first kappa shape index (κ1) is 23.7. The van der Waals surface area contributed by atoms with Crippen LogP contribution in [0.2, 0.25) is 0 Å². The smallest absolute Gasteiger partial charge is 0.410 e. The van der Waals surface area contributed by atoms with E-state index in [0.29, 0.717) is 12.8 Å². The number of rotatable bonds is 9. The fraction of sp³-hybridized carbons (Fsp3) is 0.867. The first-order valence-corrected chi connectivity index (χ1v) is 7.33.